The molecule has 2 rings (SSSR count). The molecule has 0 spiro atoms. The topological polar surface area (TPSA) is 20.2 Å². The van der Waals surface area contributed by atoms with Crippen LogP contribution in [-0.2, 0) is 5.60 Å². The lowest BCUT2D eigenvalue weighted by Gasteiger charge is -2.36. The second-order valence-electron chi connectivity index (χ2n) is 4.87. The summed E-state index contributed by atoms with van der Waals surface area (Å²) in [6, 6.07) is 10.1. The van der Waals surface area contributed by atoms with Crippen molar-refractivity contribution in [2.24, 2.45) is 5.92 Å². The zero-order valence-corrected chi connectivity index (χ0v) is 9.73. The fourth-order valence-electron chi connectivity index (χ4n) is 2.66. The summed E-state index contributed by atoms with van der Waals surface area (Å²) in [5.74, 6) is 0.724. The zero-order chi connectivity index (χ0) is 11.4. The van der Waals surface area contributed by atoms with Gasteiger partial charge in [0, 0.05) is 0 Å². The van der Waals surface area contributed by atoms with Crippen LogP contribution in [0.5, 0.6) is 0 Å². The molecule has 1 saturated carbocycles. The van der Waals surface area contributed by atoms with Crippen LogP contribution in [0.15, 0.2) is 43.0 Å². The second-order valence-corrected chi connectivity index (χ2v) is 4.87. The lowest BCUT2D eigenvalue weighted by Crippen LogP contribution is -2.31. The van der Waals surface area contributed by atoms with Crippen LogP contribution in [0.2, 0.25) is 0 Å². The number of hydrogen-bond acceptors (Lipinski definition) is 1. The monoisotopic (exact) mass is 216 g/mol. The van der Waals surface area contributed by atoms with Crippen LogP contribution in [0, 0.1) is 5.92 Å². The van der Waals surface area contributed by atoms with Crippen LogP contribution >= 0.6 is 0 Å². The Balaban J connectivity index is 2.04. The number of rotatable bonds is 3. The zero-order valence-electron chi connectivity index (χ0n) is 9.73. The Bertz CT molecular complexity index is 334. The van der Waals surface area contributed by atoms with E-state index in [0.29, 0.717) is 0 Å². The highest BCUT2D eigenvalue weighted by molar-refractivity contribution is 5.22. The summed E-state index contributed by atoms with van der Waals surface area (Å²) in [4.78, 5) is 0. The van der Waals surface area contributed by atoms with E-state index < -0.39 is 5.60 Å². The fourth-order valence-corrected chi connectivity index (χ4v) is 2.66. The van der Waals surface area contributed by atoms with Crippen LogP contribution in [0.3, 0.4) is 0 Å². The van der Waals surface area contributed by atoms with Gasteiger partial charge in [0.05, 0.1) is 5.60 Å². The molecule has 0 saturated heterocycles. The standard InChI is InChI=1S/C15H20O/c1-2-6-13-9-11-15(16,12-10-13)14-7-4-3-5-8-14/h2-5,7-8,13,16H,1,6,9-12H2/t13-,15+. The molecule has 0 aromatic heterocycles. The molecule has 0 heterocycles. The predicted molar refractivity (Wildman–Crippen MR) is 67.1 cm³/mol. The first kappa shape index (κ1) is 11.4. The molecule has 0 bridgehead atoms. The molecule has 1 aliphatic rings. The normalized spacial score (nSPS) is 29.9. The Labute approximate surface area is 97.8 Å². The first-order valence-corrected chi connectivity index (χ1v) is 6.13. The van der Waals surface area contributed by atoms with Crippen molar-refractivity contribution >= 4 is 0 Å². The Morgan fingerprint density at radius 2 is 1.88 bits per heavy atom. The Morgan fingerprint density at radius 1 is 1.25 bits per heavy atom. The van der Waals surface area contributed by atoms with E-state index in [1.54, 1.807) is 0 Å². The molecule has 16 heavy (non-hydrogen) atoms. The minimum atomic E-state index is -0.584. The van der Waals surface area contributed by atoms with Crippen LogP contribution in [0.1, 0.15) is 37.7 Å². The van der Waals surface area contributed by atoms with Crippen molar-refractivity contribution in [3.63, 3.8) is 0 Å². The third kappa shape index (κ3) is 2.35. The summed E-state index contributed by atoms with van der Waals surface area (Å²) in [5.41, 5.74) is 0.492. The van der Waals surface area contributed by atoms with Gasteiger partial charge in [0.2, 0.25) is 0 Å². The van der Waals surface area contributed by atoms with Crippen LogP contribution in [0.4, 0.5) is 0 Å². The van der Waals surface area contributed by atoms with Gasteiger partial charge in [-0.05, 0) is 43.6 Å². The van der Waals surface area contributed by atoms with E-state index in [4.69, 9.17) is 0 Å². The third-order valence-corrected chi connectivity index (χ3v) is 3.74. The molecule has 0 amide bonds. The van der Waals surface area contributed by atoms with Crippen molar-refractivity contribution in [1.29, 1.82) is 0 Å². The summed E-state index contributed by atoms with van der Waals surface area (Å²) in [6.45, 7) is 3.79. The molecular weight excluding hydrogens is 196 g/mol. The first-order chi connectivity index (χ1) is 7.74. The number of benzene rings is 1. The van der Waals surface area contributed by atoms with Gasteiger partial charge in [-0.1, -0.05) is 36.4 Å². The lowest BCUT2D eigenvalue weighted by atomic mass is 9.74. The molecule has 0 atom stereocenters. The SMILES string of the molecule is C=CC[C@H]1CC[C@](O)(c2ccccc2)CC1. The Kier molecular flexibility index (Phi) is 3.45. The van der Waals surface area contributed by atoms with Gasteiger partial charge in [-0.2, -0.15) is 0 Å². The van der Waals surface area contributed by atoms with Crippen LogP contribution in [-0.4, -0.2) is 5.11 Å². The Morgan fingerprint density at radius 3 is 2.44 bits per heavy atom. The van der Waals surface area contributed by atoms with E-state index >= 15 is 0 Å². The summed E-state index contributed by atoms with van der Waals surface area (Å²) < 4.78 is 0. The molecule has 1 N–H and O–H groups in total. The minimum Gasteiger partial charge on any atom is -0.385 e. The van der Waals surface area contributed by atoms with E-state index in [0.717, 1.165) is 43.6 Å². The second kappa shape index (κ2) is 4.84. The lowest BCUT2D eigenvalue weighted by molar-refractivity contribution is -0.0138. The number of aliphatic hydroxyl groups is 1. The van der Waals surface area contributed by atoms with Crippen LogP contribution in [0.25, 0.3) is 0 Å². The third-order valence-electron chi connectivity index (χ3n) is 3.74. The van der Waals surface area contributed by atoms with Crippen molar-refractivity contribution in [2.75, 3.05) is 0 Å². The van der Waals surface area contributed by atoms with Crippen molar-refractivity contribution in [1.82, 2.24) is 0 Å². The van der Waals surface area contributed by atoms with E-state index in [9.17, 15) is 5.11 Å². The summed E-state index contributed by atoms with van der Waals surface area (Å²) in [7, 11) is 0. The molecule has 1 aliphatic carbocycles. The highest BCUT2D eigenvalue weighted by atomic mass is 16.3. The average molecular weight is 216 g/mol. The van der Waals surface area contributed by atoms with E-state index in [1.807, 2.05) is 36.4 Å². The van der Waals surface area contributed by atoms with Crippen molar-refractivity contribution in [2.45, 2.75) is 37.7 Å². The maximum absolute atomic E-state index is 10.6. The van der Waals surface area contributed by atoms with Gasteiger partial charge in [0.15, 0.2) is 0 Å². The molecule has 1 aromatic rings. The molecule has 1 heteroatoms. The molecule has 1 aromatic carbocycles. The molecule has 1 fully saturated rings. The van der Waals surface area contributed by atoms with Gasteiger partial charge in [-0.25, -0.2) is 0 Å². The van der Waals surface area contributed by atoms with Gasteiger partial charge in [0.25, 0.3) is 0 Å². The van der Waals surface area contributed by atoms with Gasteiger partial charge in [0.1, 0.15) is 0 Å². The fraction of sp³-hybridized carbons (Fsp3) is 0.467. The van der Waals surface area contributed by atoms with Gasteiger partial charge < -0.3 is 5.11 Å². The number of hydrogen-bond donors (Lipinski definition) is 1. The number of allylic oxidation sites excluding steroid dienone is 1. The predicted octanol–water partition coefficient (Wildman–Crippen LogP) is 3.64. The molecular formula is C15H20O. The molecule has 0 aliphatic heterocycles. The average Bonchev–Trinajstić information content (AvgIpc) is 2.34. The summed E-state index contributed by atoms with van der Waals surface area (Å²) >= 11 is 0. The Hall–Kier alpha value is -1.08. The van der Waals surface area contributed by atoms with Gasteiger partial charge >= 0.3 is 0 Å². The largest absolute Gasteiger partial charge is 0.385 e. The van der Waals surface area contributed by atoms with Crippen molar-refractivity contribution in [3.05, 3.63) is 48.6 Å². The van der Waals surface area contributed by atoms with Crippen molar-refractivity contribution < 1.29 is 5.11 Å². The smallest absolute Gasteiger partial charge is 0.0896 e. The first-order valence-electron chi connectivity index (χ1n) is 6.13. The van der Waals surface area contributed by atoms with E-state index in [2.05, 4.69) is 6.58 Å². The molecule has 0 unspecified atom stereocenters. The maximum Gasteiger partial charge on any atom is 0.0896 e. The summed E-state index contributed by atoms with van der Waals surface area (Å²) in [6.07, 6.45) is 7.07. The van der Waals surface area contributed by atoms with E-state index in [-0.39, 0.29) is 0 Å². The summed E-state index contributed by atoms with van der Waals surface area (Å²) in [5, 5.41) is 10.6. The van der Waals surface area contributed by atoms with Crippen LogP contribution < -0.4 is 0 Å². The highest BCUT2D eigenvalue weighted by Gasteiger charge is 2.33. The van der Waals surface area contributed by atoms with Gasteiger partial charge in [-0.15, -0.1) is 6.58 Å². The molecule has 1 nitrogen and oxygen atoms in total. The van der Waals surface area contributed by atoms with Crippen molar-refractivity contribution in [3.8, 4) is 0 Å². The quantitative estimate of drug-likeness (QED) is 0.765. The molecule has 0 radical (unpaired) electrons. The van der Waals surface area contributed by atoms with E-state index in [1.165, 1.54) is 0 Å². The van der Waals surface area contributed by atoms with Gasteiger partial charge in [-0.3, -0.25) is 0 Å². The minimum absolute atomic E-state index is 0.584. The highest BCUT2D eigenvalue weighted by Crippen LogP contribution is 2.40. The maximum atomic E-state index is 10.6. The molecule has 86 valence electrons.